The average molecular weight is 430 g/mol. The highest BCUT2D eigenvalue weighted by Crippen LogP contribution is 2.27. The summed E-state index contributed by atoms with van der Waals surface area (Å²) in [4.78, 5) is 17.9. The number of anilines is 1. The summed E-state index contributed by atoms with van der Waals surface area (Å²) in [6.45, 7) is 14.0. The van der Waals surface area contributed by atoms with Crippen molar-refractivity contribution in [2.45, 2.75) is 33.3 Å². The SMILES string of the molecule is CCNC(=NCC(C)(O)c1cc(C)oc1C)NCCN1CCN(c2ncccn2)CC1. The molecule has 2 aromatic rings. The molecule has 2 aromatic heterocycles. The maximum absolute atomic E-state index is 10.9. The summed E-state index contributed by atoms with van der Waals surface area (Å²) in [5.41, 5.74) is -0.301. The lowest BCUT2D eigenvalue weighted by Crippen LogP contribution is -2.49. The number of nitrogens with one attached hydrogen (secondary N) is 2. The first-order valence-electron chi connectivity index (χ1n) is 11.0. The molecule has 0 aromatic carbocycles. The highest BCUT2D eigenvalue weighted by molar-refractivity contribution is 5.79. The van der Waals surface area contributed by atoms with Gasteiger partial charge < -0.3 is 25.1 Å². The molecular weight excluding hydrogens is 394 g/mol. The molecule has 0 spiro atoms. The van der Waals surface area contributed by atoms with Crippen LogP contribution in [-0.2, 0) is 5.60 Å². The average Bonchev–Trinajstić information content (AvgIpc) is 3.12. The first kappa shape index (κ1) is 23.0. The number of rotatable bonds is 8. The molecule has 1 aliphatic heterocycles. The second kappa shape index (κ2) is 10.6. The van der Waals surface area contributed by atoms with Crippen LogP contribution in [0.3, 0.4) is 0 Å². The predicted molar refractivity (Wildman–Crippen MR) is 122 cm³/mol. The van der Waals surface area contributed by atoms with Crippen LogP contribution in [-0.4, -0.2) is 78.3 Å². The van der Waals surface area contributed by atoms with Crippen molar-refractivity contribution in [2.24, 2.45) is 4.99 Å². The lowest BCUT2D eigenvalue weighted by Gasteiger charge is -2.34. The molecule has 9 nitrogen and oxygen atoms in total. The first-order chi connectivity index (χ1) is 14.9. The van der Waals surface area contributed by atoms with Crippen LogP contribution in [0.25, 0.3) is 0 Å². The van der Waals surface area contributed by atoms with Gasteiger partial charge >= 0.3 is 0 Å². The highest BCUT2D eigenvalue weighted by atomic mass is 16.3. The summed E-state index contributed by atoms with van der Waals surface area (Å²) in [6, 6.07) is 3.72. The van der Waals surface area contributed by atoms with Gasteiger partial charge in [-0.25, -0.2) is 15.0 Å². The summed E-state index contributed by atoms with van der Waals surface area (Å²) in [5.74, 6) is 3.03. The molecule has 1 aliphatic rings. The van der Waals surface area contributed by atoms with Gasteiger partial charge in [0, 0.05) is 63.8 Å². The van der Waals surface area contributed by atoms with Gasteiger partial charge in [0.25, 0.3) is 0 Å². The van der Waals surface area contributed by atoms with Crippen molar-refractivity contribution in [1.82, 2.24) is 25.5 Å². The van der Waals surface area contributed by atoms with E-state index in [4.69, 9.17) is 4.42 Å². The fourth-order valence-electron chi connectivity index (χ4n) is 3.78. The van der Waals surface area contributed by atoms with E-state index < -0.39 is 5.60 Å². The third kappa shape index (κ3) is 6.41. The minimum Gasteiger partial charge on any atom is -0.466 e. The number of nitrogens with zero attached hydrogens (tertiary/aromatic N) is 5. The van der Waals surface area contributed by atoms with Crippen molar-refractivity contribution in [3.8, 4) is 0 Å². The molecule has 1 saturated heterocycles. The van der Waals surface area contributed by atoms with Crippen LogP contribution in [0.2, 0.25) is 0 Å². The van der Waals surface area contributed by atoms with Crippen LogP contribution in [0.5, 0.6) is 0 Å². The topological polar surface area (TPSA) is 102 Å². The van der Waals surface area contributed by atoms with Gasteiger partial charge in [-0.2, -0.15) is 0 Å². The van der Waals surface area contributed by atoms with E-state index in [0.29, 0.717) is 5.96 Å². The van der Waals surface area contributed by atoms with Crippen molar-refractivity contribution in [3.05, 3.63) is 41.6 Å². The van der Waals surface area contributed by atoms with E-state index in [-0.39, 0.29) is 6.54 Å². The van der Waals surface area contributed by atoms with Gasteiger partial charge in [-0.15, -0.1) is 0 Å². The molecule has 1 unspecified atom stereocenters. The third-order valence-electron chi connectivity index (χ3n) is 5.44. The monoisotopic (exact) mass is 429 g/mol. The largest absolute Gasteiger partial charge is 0.466 e. The Balaban J connectivity index is 1.47. The lowest BCUT2D eigenvalue weighted by molar-refractivity contribution is 0.0657. The molecule has 31 heavy (non-hydrogen) atoms. The summed E-state index contributed by atoms with van der Waals surface area (Å²) >= 11 is 0. The van der Waals surface area contributed by atoms with E-state index in [1.165, 1.54) is 0 Å². The molecular formula is C22H35N7O2. The Morgan fingerprint density at radius 3 is 2.52 bits per heavy atom. The van der Waals surface area contributed by atoms with E-state index in [1.807, 2.05) is 32.9 Å². The van der Waals surface area contributed by atoms with Crippen LogP contribution in [0, 0.1) is 13.8 Å². The summed E-state index contributed by atoms with van der Waals surface area (Å²) in [7, 11) is 0. The molecule has 0 saturated carbocycles. The van der Waals surface area contributed by atoms with Gasteiger partial charge in [-0.1, -0.05) is 0 Å². The standard InChI is InChI=1S/C22H35N7O2/c1-5-23-20(27-16-22(4,30)19-15-17(2)31-18(19)3)24-9-10-28-11-13-29(14-12-28)21-25-7-6-8-26-21/h6-8,15,30H,5,9-14,16H2,1-4H3,(H2,23,24,27). The smallest absolute Gasteiger partial charge is 0.225 e. The molecule has 3 heterocycles. The number of hydrogen-bond acceptors (Lipinski definition) is 7. The van der Waals surface area contributed by atoms with Gasteiger partial charge in [-0.05, 0) is 39.8 Å². The number of aromatic nitrogens is 2. The molecule has 170 valence electrons. The molecule has 9 heteroatoms. The van der Waals surface area contributed by atoms with Crippen LogP contribution >= 0.6 is 0 Å². The van der Waals surface area contributed by atoms with Crippen molar-refractivity contribution in [2.75, 3.05) is 57.3 Å². The van der Waals surface area contributed by atoms with E-state index in [2.05, 4.69) is 35.4 Å². The van der Waals surface area contributed by atoms with E-state index in [9.17, 15) is 5.11 Å². The van der Waals surface area contributed by atoms with Crippen molar-refractivity contribution < 1.29 is 9.52 Å². The fraction of sp³-hybridized carbons (Fsp3) is 0.591. The van der Waals surface area contributed by atoms with Crippen LogP contribution in [0.15, 0.2) is 33.9 Å². The molecule has 0 amide bonds. The van der Waals surface area contributed by atoms with Gasteiger partial charge in [0.05, 0.1) is 6.54 Å². The van der Waals surface area contributed by atoms with E-state index in [0.717, 1.165) is 68.8 Å². The number of aryl methyl sites for hydroxylation is 2. The molecule has 3 rings (SSSR count). The normalized spacial score (nSPS) is 17.5. The van der Waals surface area contributed by atoms with Gasteiger partial charge in [0.1, 0.15) is 17.1 Å². The Bertz CT molecular complexity index is 843. The maximum atomic E-state index is 10.9. The Kier molecular flexibility index (Phi) is 7.86. The fourth-order valence-corrected chi connectivity index (χ4v) is 3.78. The minimum atomic E-state index is -1.08. The Morgan fingerprint density at radius 1 is 1.19 bits per heavy atom. The van der Waals surface area contributed by atoms with Crippen LogP contribution in [0.4, 0.5) is 5.95 Å². The zero-order chi connectivity index (χ0) is 22.3. The van der Waals surface area contributed by atoms with Gasteiger partial charge in [0.15, 0.2) is 5.96 Å². The maximum Gasteiger partial charge on any atom is 0.225 e. The highest BCUT2D eigenvalue weighted by Gasteiger charge is 2.27. The molecule has 0 bridgehead atoms. The molecule has 0 radical (unpaired) electrons. The van der Waals surface area contributed by atoms with Crippen molar-refractivity contribution in [1.29, 1.82) is 0 Å². The minimum absolute atomic E-state index is 0.248. The number of piperazine rings is 1. The Morgan fingerprint density at radius 2 is 1.90 bits per heavy atom. The lowest BCUT2D eigenvalue weighted by atomic mass is 9.96. The quantitative estimate of drug-likeness (QED) is 0.426. The number of aliphatic hydroxyl groups is 1. The van der Waals surface area contributed by atoms with Gasteiger partial charge in [-0.3, -0.25) is 4.90 Å². The summed E-state index contributed by atoms with van der Waals surface area (Å²) < 4.78 is 5.57. The van der Waals surface area contributed by atoms with Gasteiger partial charge in [0.2, 0.25) is 5.95 Å². The number of guanidine groups is 1. The second-order valence-electron chi connectivity index (χ2n) is 8.10. The molecule has 0 aliphatic carbocycles. The Labute approximate surface area is 184 Å². The predicted octanol–water partition coefficient (Wildman–Crippen LogP) is 1.27. The Hall–Kier alpha value is -2.65. The first-order valence-corrected chi connectivity index (χ1v) is 11.0. The summed E-state index contributed by atoms with van der Waals surface area (Å²) in [5, 5.41) is 17.5. The number of aliphatic imine (C=N–C) groups is 1. The van der Waals surface area contributed by atoms with Crippen LogP contribution in [0.1, 0.15) is 30.9 Å². The number of hydrogen-bond donors (Lipinski definition) is 3. The van der Waals surface area contributed by atoms with E-state index >= 15 is 0 Å². The molecule has 1 atom stereocenters. The van der Waals surface area contributed by atoms with Crippen molar-refractivity contribution >= 4 is 11.9 Å². The zero-order valence-corrected chi connectivity index (χ0v) is 19.1. The number of furan rings is 1. The van der Waals surface area contributed by atoms with Crippen molar-refractivity contribution in [3.63, 3.8) is 0 Å². The zero-order valence-electron chi connectivity index (χ0n) is 19.1. The van der Waals surface area contributed by atoms with E-state index in [1.54, 1.807) is 19.3 Å². The molecule has 1 fully saturated rings. The molecule has 3 N–H and O–H groups in total. The third-order valence-corrected chi connectivity index (χ3v) is 5.44. The second-order valence-corrected chi connectivity index (χ2v) is 8.10. The summed E-state index contributed by atoms with van der Waals surface area (Å²) in [6.07, 6.45) is 3.57. The van der Waals surface area contributed by atoms with Crippen LogP contribution < -0.4 is 15.5 Å².